The van der Waals surface area contributed by atoms with Gasteiger partial charge in [0, 0.05) is 6.07 Å². The average Bonchev–Trinajstić information content (AvgIpc) is 2.49. The Kier molecular flexibility index (Phi) is 4.82. The number of hydrogen-bond donors (Lipinski definition) is 2. The Morgan fingerprint density at radius 3 is 2.48 bits per heavy atom. The Labute approximate surface area is 123 Å². The molecule has 0 unspecified atom stereocenters. The minimum Gasteiger partial charge on any atom is -0.508 e. The lowest BCUT2D eigenvalue weighted by atomic mass is 10.0. The number of carbonyl (C=O) groups excluding carboxylic acids is 1. The van der Waals surface area contributed by atoms with Gasteiger partial charge in [0.2, 0.25) is 5.78 Å². The van der Waals surface area contributed by atoms with Gasteiger partial charge in [-0.15, -0.1) is 0 Å². The average molecular weight is 286 g/mol. The minimum atomic E-state index is -0.325. The smallest absolute Gasteiger partial charge is 0.203 e. The maximum atomic E-state index is 12.1. The first-order valence-electron chi connectivity index (χ1n) is 6.87. The van der Waals surface area contributed by atoms with E-state index in [-0.39, 0.29) is 29.5 Å². The zero-order valence-corrected chi connectivity index (χ0v) is 11.9. The molecule has 21 heavy (non-hydrogen) atoms. The number of benzene rings is 2. The number of aromatic hydroxyl groups is 2. The highest BCUT2D eigenvalue weighted by molar-refractivity contribution is 6.00. The molecule has 0 saturated heterocycles. The maximum absolute atomic E-state index is 12.1. The molecule has 0 fully saturated rings. The van der Waals surface area contributed by atoms with Crippen LogP contribution in [0.1, 0.15) is 29.3 Å². The lowest BCUT2D eigenvalue weighted by molar-refractivity contribution is 0.0918. The van der Waals surface area contributed by atoms with Crippen molar-refractivity contribution in [2.75, 3.05) is 6.61 Å². The van der Waals surface area contributed by atoms with Crippen LogP contribution >= 0.6 is 0 Å². The fraction of sp³-hybridized carbons (Fsp3) is 0.235. The summed E-state index contributed by atoms with van der Waals surface area (Å²) in [6, 6.07) is 11.7. The molecule has 0 bridgehead atoms. The Morgan fingerprint density at radius 1 is 1.10 bits per heavy atom. The molecule has 0 aliphatic rings. The van der Waals surface area contributed by atoms with E-state index in [1.54, 1.807) is 12.1 Å². The Bertz CT molecular complexity index is 620. The molecule has 0 aliphatic heterocycles. The summed E-state index contributed by atoms with van der Waals surface area (Å²) in [6.45, 7) is 1.82. The fourth-order valence-electron chi connectivity index (χ4n) is 2.06. The van der Waals surface area contributed by atoms with Crippen LogP contribution in [0.4, 0.5) is 0 Å². The van der Waals surface area contributed by atoms with Crippen molar-refractivity contribution in [2.45, 2.75) is 19.8 Å². The Balaban J connectivity index is 2.13. The highest BCUT2D eigenvalue weighted by Gasteiger charge is 2.15. The molecule has 0 amide bonds. The molecule has 0 aliphatic carbocycles. The topological polar surface area (TPSA) is 66.8 Å². The number of hydrogen-bond acceptors (Lipinski definition) is 4. The third-order valence-corrected chi connectivity index (χ3v) is 3.13. The van der Waals surface area contributed by atoms with Gasteiger partial charge in [-0.1, -0.05) is 31.5 Å². The van der Waals surface area contributed by atoms with Gasteiger partial charge in [0.05, 0.1) is 5.56 Å². The third-order valence-electron chi connectivity index (χ3n) is 3.13. The van der Waals surface area contributed by atoms with Crippen LogP contribution in [0.3, 0.4) is 0 Å². The van der Waals surface area contributed by atoms with Crippen molar-refractivity contribution in [3.63, 3.8) is 0 Å². The number of phenolic OH excluding ortho intramolecular Hbond substituents is 2. The minimum absolute atomic E-state index is 0.00915. The summed E-state index contributed by atoms with van der Waals surface area (Å²) in [4.78, 5) is 12.1. The van der Waals surface area contributed by atoms with Crippen molar-refractivity contribution in [2.24, 2.45) is 0 Å². The van der Waals surface area contributed by atoms with E-state index in [1.807, 2.05) is 25.1 Å². The number of rotatable bonds is 6. The highest BCUT2D eigenvalue weighted by atomic mass is 16.5. The maximum Gasteiger partial charge on any atom is 0.203 e. The van der Waals surface area contributed by atoms with Crippen LogP contribution in [-0.4, -0.2) is 22.6 Å². The predicted molar refractivity (Wildman–Crippen MR) is 80.0 cm³/mol. The van der Waals surface area contributed by atoms with Crippen molar-refractivity contribution < 1.29 is 19.7 Å². The van der Waals surface area contributed by atoms with E-state index < -0.39 is 0 Å². The summed E-state index contributed by atoms with van der Waals surface area (Å²) in [6.07, 6.45) is 1.48. The zero-order chi connectivity index (χ0) is 15.2. The number of phenols is 2. The molecule has 2 aromatic carbocycles. The van der Waals surface area contributed by atoms with Crippen molar-refractivity contribution in [1.29, 1.82) is 0 Å². The van der Waals surface area contributed by atoms with E-state index >= 15 is 0 Å². The Morgan fingerprint density at radius 2 is 1.81 bits per heavy atom. The van der Waals surface area contributed by atoms with Gasteiger partial charge in [-0.25, -0.2) is 0 Å². The molecule has 110 valence electrons. The summed E-state index contributed by atoms with van der Waals surface area (Å²) >= 11 is 0. The molecule has 0 aromatic heterocycles. The van der Waals surface area contributed by atoms with Gasteiger partial charge in [-0.05, 0) is 30.2 Å². The summed E-state index contributed by atoms with van der Waals surface area (Å²) < 4.78 is 5.38. The second-order valence-corrected chi connectivity index (χ2v) is 4.77. The van der Waals surface area contributed by atoms with Gasteiger partial charge < -0.3 is 14.9 Å². The first kappa shape index (κ1) is 14.9. The number of Topliss-reactive ketones (excluding diaryl/α,β-unsaturated/α-hetero) is 1. The van der Waals surface area contributed by atoms with Gasteiger partial charge in [-0.3, -0.25) is 4.79 Å². The number of carbonyl (C=O) groups is 1. The molecule has 0 atom stereocenters. The van der Waals surface area contributed by atoms with E-state index in [0.717, 1.165) is 6.42 Å². The summed E-state index contributed by atoms with van der Waals surface area (Å²) in [5, 5.41) is 19.5. The molecule has 0 heterocycles. The third kappa shape index (κ3) is 3.75. The molecular weight excluding hydrogens is 268 g/mol. The molecular formula is C17H18O4. The first-order chi connectivity index (χ1) is 10.1. The van der Waals surface area contributed by atoms with Crippen LogP contribution in [0.5, 0.6) is 17.2 Å². The van der Waals surface area contributed by atoms with E-state index in [2.05, 4.69) is 0 Å². The van der Waals surface area contributed by atoms with E-state index in [0.29, 0.717) is 17.7 Å². The van der Waals surface area contributed by atoms with Gasteiger partial charge in [-0.2, -0.15) is 0 Å². The van der Waals surface area contributed by atoms with E-state index in [1.165, 1.54) is 12.1 Å². The molecule has 2 N–H and O–H groups in total. The summed E-state index contributed by atoms with van der Waals surface area (Å²) in [7, 11) is 0. The first-order valence-corrected chi connectivity index (χ1v) is 6.87. The molecule has 2 rings (SSSR count). The molecule has 2 aromatic rings. The van der Waals surface area contributed by atoms with Crippen LogP contribution in [0, 0.1) is 0 Å². The SMILES string of the molecule is CCCc1cc(C(=O)COc2ccccc2)c(O)cc1O. The van der Waals surface area contributed by atoms with Gasteiger partial charge >= 0.3 is 0 Å². The van der Waals surface area contributed by atoms with Crippen LogP contribution in [0.15, 0.2) is 42.5 Å². The lowest BCUT2D eigenvalue weighted by Crippen LogP contribution is -2.12. The second kappa shape index (κ2) is 6.79. The van der Waals surface area contributed by atoms with Crippen molar-refractivity contribution in [3.8, 4) is 17.2 Å². The highest BCUT2D eigenvalue weighted by Crippen LogP contribution is 2.28. The second-order valence-electron chi connectivity index (χ2n) is 4.77. The quantitative estimate of drug-likeness (QED) is 0.799. The number of ketones is 1. The zero-order valence-electron chi connectivity index (χ0n) is 11.9. The van der Waals surface area contributed by atoms with Crippen LogP contribution in [0.25, 0.3) is 0 Å². The van der Waals surface area contributed by atoms with Gasteiger partial charge in [0.25, 0.3) is 0 Å². The number of para-hydroxylation sites is 1. The lowest BCUT2D eigenvalue weighted by Gasteiger charge is -2.10. The Hall–Kier alpha value is -2.49. The van der Waals surface area contributed by atoms with Gasteiger partial charge in [0.15, 0.2) is 6.61 Å². The monoisotopic (exact) mass is 286 g/mol. The molecule has 4 heteroatoms. The van der Waals surface area contributed by atoms with Crippen molar-refractivity contribution in [1.82, 2.24) is 0 Å². The molecule has 4 nitrogen and oxygen atoms in total. The molecule has 0 radical (unpaired) electrons. The van der Waals surface area contributed by atoms with E-state index in [9.17, 15) is 15.0 Å². The number of ether oxygens (including phenoxy) is 1. The summed E-state index contributed by atoms with van der Waals surface area (Å²) in [5.74, 6) is 0.0514. The van der Waals surface area contributed by atoms with Crippen LogP contribution in [0.2, 0.25) is 0 Å². The summed E-state index contributed by atoms with van der Waals surface area (Å²) in [5.41, 5.74) is 0.825. The number of aryl methyl sites for hydroxylation is 1. The predicted octanol–water partition coefficient (Wildman–Crippen LogP) is 3.31. The fourth-order valence-corrected chi connectivity index (χ4v) is 2.06. The van der Waals surface area contributed by atoms with Crippen LogP contribution in [-0.2, 0) is 6.42 Å². The largest absolute Gasteiger partial charge is 0.508 e. The van der Waals surface area contributed by atoms with Gasteiger partial charge in [0.1, 0.15) is 17.2 Å². The van der Waals surface area contributed by atoms with Crippen molar-refractivity contribution in [3.05, 3.63) is 53.6 Å². The van der Waals surface area contributed by atoms with Crippen molar-refractivity contribution >= 4 is 5.78 Å². The standard InChI is InChI=1S/C17H18O4/c1-2-6-12-9-14(16(19)10-15(12)18)17(20)11-21-13-7-4-3-5-8-13/h3-5,7-10,18-19H,2,6,11H2,1H3. The molecule has 0 saturated carbocycles. The van der Waals surface area contributed by atoms with E-state index in [4.69, 9.17) is 4.74 Å². The molecule has 0 spiro atoms. The normalized spacial score (nSPS) is 10.3. The van der Waals surface area contributed by atoms with Crippen LogP contribution < -0.4 is 4.74 Å².